The van der Waals surface area contributed by atoms with Crippen molar-refractivity contribution in [2.24, 2.45) is 0 Å². The van der Waals surface area contributed by atoms with Crippen molar-refractivity contribution < 1.29 is 18.1 Å². The van der Waals surface area contributed by atoms with Crippen LogP contribution in [0.15, 0.2) is 0 Å². The van der Waals surface area contributed by atoms with Crippen molar-refractivity contribution in [1.29, 1.82) is 1.34 Å². The molecule has 4 atom stereocenters. The molecule has 1 radical (unpaired) electrons. The molecule has 1 rings (SSSR count). The molecule has 2 unspecified atom stereocenters. The standard InChI is InChI=1S/C7H13BFNO3PS/c1-10(2)6-4(3-12-15(8)14)13-7(11)5(6)9/h4-6,8,14H,3H2,1-2H3/t4-,5?,6+,15?/m1/s1/i8T. The van der Waals surface area contributed by atoms with E-state index in [-0.39, 0.29) is 6.61 Å². The Kier molecular flexibility index (Phi) is 4.14. The van der Waals surface area contributed by atoms with Crippen molar-refractivity contribution in [3.05, 3.63) is 0 Å². The van der Waals surface area contributed by atoms with Gasteiger partial charge in [0.15, 0.2) is 0 Å². The number of carbonyl (C=O) groups excluding carboxylic acids is 1. The van der Waals surface area contributed by atoms with Gasteiger partial charge in [-0.25, -0.2) is 9.18 Å². The largest absolute Gasteiger partial charge is 0.456 e. The SMILES string of the molecule is [3H][B]S(=P)OC[C@H]1OC(=O)C(F)[C@H]1N(C)C. The van der Waals surface area contributed by atoms with Crippen molar-refractivity contribution in [2.45, 2.75) is 18.3 Å². The highest BCUT2D eigenvalue weighted by Crippen LogP contribution is 2.23. The summed E-state index contributed by atoms with van der Waals surface area (Å²) >= 11 is 0. The van der Waals surface area contributed by atoms with E-state index in [1.165, 1.54) is 0 Å². The summed E-state index contributed by atoms with van der Waals surface area (Å²) in [5.41, 5.74) is 0. The van der Waals surface area contributed by atoms with Gasteiger partial charge in [-0.1, -0.05) is 18.2 Å². The lowest BCUT2D eigenvalue weighted by Gasteiger charge is -2.24. The zero-order valence-corrected chi connectivity index (χ0v) is 10.3. The fraction of sp³-hybridized carbons (Fsp3) is 0.857. The normalized spacial score (nSPS) is 33.7. The number of carbonyl (C=O) groups is 1. The maximum absolute atomic E-state index is 13.5. The van der Waals surface area contributed by atoms with Crippen molar-refractivity contribution in [1.82, 2.24) is 4.90 Å². The second-order valence-corrected chi connectivity index (χ2v) is 5.45. The maximum atomic E-state index is 13.5. The quantitative estimate of drug-likeness (QED) is 0.380. The third-order valence-corrected chi connectivity index (χ3v) is 2.87. The van der Waals surface area contributed by atoms with E-state index in [9.17, 15) is 9.18 Å². The Hall–Kier alpha value is 0.0349. The molecule has 0 aromatic carbocycles. The van der Waals surface area contributed by atoms with Gasteiger partial charge < -0.3 is 8.92 Å². The minimum Gasteiger partial charge on any atom is -0.456 e. The first-order valence-corrected chi connectivity index (χ1v) is 6.71. The van der Waals surface area contributed by atoms with Crippen LogP contribution >= 0.6 is 8.02 Å². The molecule has 0 aromatic heterocycles. The Labute approximate surface area is 95.2 Å². The number of ether oxygens (including phenoxy) is 1. The molecule has 1 aliphatic heterocycles. The van der Waals surface area contributed by atoms with Crippen molar-refractivity contribution in [3.8, 4) is 0 Å². The van der Waals surface area contributed by atoms with Gasteiger partial charge in [-0.15, -0.1) is 0 Å². The molecular weight excluding hydrogens is 239 g/mol. The molecule has 85 valence electrons. The van der Waals surface area contributed by atoms with Gasteiger partial charge >= 0.3 is 5.97 Å². The molecule has 0 saturated carbocycles. The molecule has 0 bridgehead atoms. The fourth-order valence-electron chi connectivity index (χ4n) is 1.48. The summed E-state index contributed by atoms with van der Waals surface area (Å²) in [6.07, 6.45) is -2.27. The van der Waals surface area contributed by atoms with E-state index in [0.717, 1.165) is 7.09 Å². The fourth-order valence-corrected chi connectivity index (χ4v) is 1.96. The van der Waals surface area contributed by atoms with E-state index in [0.29, 0.717) is 0 Å². The molecule has 0 N–H and O–H groups in total. The molecule has 0 amide bonds. The number of rotatable bonds is 5. The molecule has 4 nitrogen and oxygen atoms in total. The van der Waals surface area contributed by atoms with E-state index in [2.05, 4.69) is 8.02 Å². The van der Waals surface area contributed by atoms with Crippen LogP contribution in [0.3, 0.4) is 0 Å². The van der Waals surface area contributed by atoms with Crippen LogP contribution in [-0.2, 0) is 23.9 Å². The average molecular weight is 254 g/mol. The third-order valence-electron chi connectivity index (χ3n) is 2.13. The van der Waals surface area contributed by atoms with E-state index in [4.69, 9.17) is 10.3 Å². The number of hydrogen-bond donors (Lipinski definition) is 0. The summed E-state index contributed by atoms with van der Waals surface area (Å²) in [6.45, 7) is 0.0665. The minimum absolute atomic E-state index is 0.0665. The van der Waals surface area contributed by atoms with Crippen molar-refractivity contribution in [2.75, 3.05) is 20.7 Å². The van der Waals surface area contributed by atoms with Crippen molar-refractivity contribution in [3.63, 3.8) is 0 Å². The molecule has 8 heteroatoms. The summed E-state index contributed by atoms with van der Waals surface area (Å²) in [5.74, 6) is -0.851. The number of cyclic esters (lactones) is 1. The molecule has 0 aliphatic carbocycles. The third kappa shape index (κ3) is 3.24. The van der Waals surface area contributed by atoms with E-state index in [1.54, 1.807) is 19.0 Å². The van der Waals surface area contributed by atoms with Crippen LogP contribution in [0.5, 0.6) is 0 Å². The summed E-state index contributed by atoms with van der Waals surface area (Å²) in [4.78, 5) is 12.7. The number of halogens is 1. The van der Waals surface area contributed by atoms with Gasteiger partial charge in [-0.05, 0) is 15.4 Å². The Morgan fingerprint density at radius 1 is 1.87 bits per heavy atom. The Morgan fingerprint density at radius 3 is 3.07 bits per heavy atom. The second-order valence-electron chi connectivity index (χ2n) is 3.41. The number of alkyl halides is 1. The molecule has 0 aromatic rings. The van der Waals surface area contributed by atoms with Gasteiger partial charge in [0.25, 0.3) is 0 Å². The highest BCUT2D eigenvalue weighted by atomic mass is 32.5. The van der Waals surface area contributed by atoms with E-state index >= 15 is 0 Å². The number of hydrogen-bond acceptors (Lipinski definition) is 4. The first kappa shape index (κ1) is 11.5. The summed E-state index contributed by atoms with van der Waals surface area (Å²) in [7, 11) is 6.76. The Balaban J connectivity index is 2.58. The van der Waals surface area contributed by atoms with Gasteiger partial charge in [-0.2, -0.15) is 0 Å². The number of likely N-dealkylation sites (N-methyl/N-ethyl adjacent to an activating group) is 1. The zero-order chi connectivity index (χ0) is 12.3. The summed E-state index contributed by atoms with van der Waals surface area (Å²) in [6, 6.07) is -0.637. The number of esters is 1. The van der Waals surface area contributed by atoms with Crippen LogP contribution in [-0.4, -0.2) is 58.3 Å². The lowest BCUT2D eigenvalue weighted by atomic mass is 10.1. The van der Waals surface area contributed by atoms with Crippen LogP contribution < -0.4 is 0 Å². The van der Waals surface area contributed by atoms with Crippen LogP contribution in [0, 0.1) is 0 Å². The van der Waals surface area contributed by atoms with Crippen molar-refractivity contribution >= 4 is 31.3 Å². The maximum Gasteiger partial charge on any atom is 0.342 e. The monoisotopic (exact) mass is 254 g/mol. The predicted molar refractivity (Wildman–Crippen MR) is 61.0 cm³/mol. The molecule has 1 aliphatic rings. The van der Waals surface area contributed by atoms with Gasteiger partial charge in [0.1, 0.15) is 6.10 Å². The predicted octanol–water partition coefficient (Wildman–Crippen LogP) is -0.396. The Bertz CT molecular complexity index is 299. The average Bonchev–Trinajstić information content (AvgIpc) is 2.51. The summed E-state index contributed by atoms with van der Waals surface area (Å²) < 4.78 is 30.4. The highest BCUT2D eigenvalue weighted by molar-refractivity contribution is 8.27. The molecule has 0 spiro atoms. The van der Waals surface area contributed by atoms with Crippen LogP contribution in [0.2, 0.25) is 0 Å². The van der Waals surface area contributed by atoms with Crippen LogP contribution in [0.4, 0.5) is 4.39 Å². The molecule has 1 saturated heterocycles. The van der Waals surface area contributed by atoms with Crippen LogP contribution in [0.25, 0.3) is 0 Å². The first-order valence-electron chi connectivity index (χ1n) is 4.85. The lowest BCUT2D eigenvalue weighted by Crippen LogP contribution is -2.43. The van der Waals surface area contributed by atoms with Gasteiger partial charge in [0.05, 0.1) is 12.6 Å². The second kappa shape index (κ2) is 5.39. The number of nitrogens with zero attached hydrogens (tertiary/aromatic N) is 1. The molecule has 15 heavy (non-hydrogen) atoms. The van der Waals surface area contributed by atoms with Gasteiger partial charge in [-0.3, -0.25) is 4.90 Å². The van der Waals surface area contributed by atoms with E-state index < -0.39 is 34.5 Å². The van der Waals surface area contributed by atoms with Crippen LogP contribution in [0.1, 0.15) is 0 Å². The Morgan fingerprint density at radius 2 is 2.53 bits per heavy atom. The molecule has 1 fully saturated rings. The topological polar surface area (TPSA) is 38.8 Å². The highest BCUT2D eigenvalue weighted by Gasteiger charge is 2.46. The zero-order valence-electron chi connectivity index (χ0n) is 9.47. The minimum atomic E-state index is -1.64. The van der Waals surface area contributed by atoms with Gasteiger partial charge in [0, 0.05) is 0 Å². The first-order chi connectivity index (χ1) is 7.47. The van der Waals surface area contributed by atoms with Gasteiger partial charge in [0.2, 0.25) is 13.3 Å². The smallest absolute Gasteiger partial charge is 0.342 e. The van der Waals surface area contributed by atoms with E-state index in [1.807, 2.05) is 0 Å². The summed E-state index contributed by atoms with van der Waals surface area (Å²) in [5, 5.41) is 0. The molecular formula is C7H13BFNO3PS. The molecule has 1 heterocycles. The lowest BCUT2D eigenvalue weighted by molar-refractivity contribution is -0.145.